The van der Waals surface area contributed by atoms with Gasteiger partial charge in [-0.25, -0.2) is 4.98 Å². The Morgan fingerprint density at radius 3 is 3.00 bits per heavy atom. The maximum atomic E-state index is 5.66. The second-order valence-corrected chi connectivity index (χ2v) is 2.19. The Labute approximate surface area is 60.2 Å². The van der Waals surface area contributed by atoms with E-state index in [0.717, 1.165) is 5.69 Å². The van der Waals surface area contributed by atoms with Crippen LogP contribution >= 0.6 is 0 Å². The van der Waals surface area contributed by atoms with Gasteiger partial charge in [-0.15, -0.1) is 6.58 Å². The highest BCUT2D eigenvalue weighted by atomic mass is 15.0. The third kappa shape index (κ3) is 1.09. The number of hydrogen-bond donors (Lipinski definition) is 1. The summed E-state index contributed by atoms with van der Waals surface area (Å²) in [6.07, 6.45) is 5.15. The molecule has 1 unspecified atom stereocenters. The van der Waals surface area contributed by atoms with Crippen LogP contribution in [-0.2, 0) is 7.05 Å². The van der Waals surface area contributed by atoms with Crippen LogP contribution in [0.1, 0.15) is 11.7 Å². The fourth-order valence-electron chi connectivity index (χ4n) is 0.809. The second kappa shape index (κ2) is 2.66. The van der Waals surface area contributed by atoms with E-state index in [9.17, 15) is 0 Å². The van der Waals surface area contributed by atoms with E-state index in [1.54, 1.807) is 18.6 Å². The van der Waals surface area contributed by atoms with Gasteiger partial charge in [0.2, 0.25) is 0 Å². The first-order chi connectivity index (χ1) is 4.75. The highest BCUT2D eigenvalue weighted by Gasteiger charge is 2.03. The van der Waals surface area contributed by atoms with Crippen molar-refractivity contribution >= 4 is 0 Å². The molecule has 3 heteroatoms. The molecule has 1 rings (SSSR count). The zero-order chi connectivity index (χ0) is 7.56. The van der Waals surface area contributed by atoms with E-state index in [1.165, 1.54) is 0 Å². The molecule has 2 N–H and O–H groups in total. The molecule has 0 saturated carbocycles. The highest BCUT2D eigenvalue weighted by molar-refractivity contribution is 5.09. The van der Waals surface area contributed by atoms with E-state index in [2.05, 4.69) is 11.6 Å². The van der Waals surface area contributed by atoms with E-state index >= 15 is 0 Å². The first-order valence-corrected chi connectivity index (χ1v) is 3.10. The lowest BCUT2D eigenvalue weighted by Crippen LogP contribution is -2.10. The molecule has 10 heavy (non-hydrogen) atoms. The lowest BCUT2D eigenvalue weighted by Gasteiger charge is -2.04. The van der Waals surface area contributed by atoms with Gasteiger partial charge >= 0.3 is 0 Å². The quantitative estimate of drug-likeness (QED) is 0.607. The van der Waals surface area contributed by atoms with Crippen LogP contribution in [0.3, 0.4) is 0 Å². The van der Waals surface area contributed by atoms with Gasteiger partial charge in [-0.05, 0) is 0 Å². The Morgan fingerprint density at radius 2 is 2.60 bits per heavy atom. The van der Waals surface area contributed by atoms with Crippen LogP contribution in [0.25, 0.3) is 0 Å². The van der Waals surface area contributed by atoms with Crippen molar-refractivity contribution < 1.29 is 0 Å². The molecule has 0 spiro atoms. The Balaban J connectivity index is 2.92. The van der Waals surface area contributed by atoms with Crippen molar-refractivity contribution in [3.8, 4) is 0 Å². The van der Waals surface area contributed by atoms with E-state index in [0.29, 0.717) is 0 Å². The minimum Gasteiger partial charge on any atom is -0.336 e. The van der Waals surface area contributed by atoms with E-state index in [-0.39, 0.29) is 6.04 Å². The smallest absolute Gasteiger partial charge is 0.0946 e. The number of imidazole rings is 1. The van der Waals surface area contributed by atoms with Crippen molar-refractivity contribution in [2.75, 3.05) is 0 Å². The molecule has 0 aliphatic carbocycles. The van der Waals surface area contributed by atoms with Crippen LogP contribution in [0.5, 0.6) is 0 Å². The summed E-state index contributed by atoms with van der Waals surface area (Å²) in [4.78, 5) is 3.93. The minimum absolute atomic E-state index is 0.104. The lowest BCUT2D eigenvalue weighted by atomic mass is 10.2. The highest BCUT2D eigenvalue weighted by Crippen LogP contribution is 2.07. The summed E-state index contributed by atoms with van der Waals surface area (Å²) in [5, 5.41) is 0. The fraction of sp³-hybridized carbons (Fsp3) is 0.286. The van der Waals surface area contributed by atoms with Gasteiger partial charge in [0.05, 0.1) is 24.3 Å². The standard InChI is InChI=1S/C7H11N3/c1-3-6(8)7-4-9-5-10(7)2/h3-6H,1,8H2,2H3. The van der Waals surface area contributed by atoms with E-state index in [1.807, 2.05) is 11.6 Å². The Morgan fingerprint density at radius 1 is 1.90 bits per heavy atom. The Bertz CT molecular complexity index is 227. The summed E-state index contributed by atoms with van der Waals surface area (Å²) in [6.45, 7) is 3.59. The number of hydrogen-bond acceptors (Lipinski definition) is 2. The zero-order valence-electron chi connectivity index (χ0n) is 5.99. The van der Waals surface area contributed by atoms with E-state index < -0.39 is 0 Å². The molecule has 0 bridgehead atoms. The number of aromatic nitrogens is 2. The van der Waals surface area contributed by atoms with Crippen LogP contribution in [0.4, 0.5) is 0 Å². The van der Waals surface area contributed by atoms with Gasteiger partial charge in [0.15, 0.2) is 0 Å². The number of nitrogens with zero attached hydrogens (tertiary/aromatic N) is 2. The maximum absolute atomic E-state index is 5.66. The molecule has 0 amide bonds. The molecule has 1 aromatic rings. The molecular weight excluding hydrogens is 126 g/mol. The second-order valence-electron chi connectivity index (χ2n) is 2.19. The first-order valence-electron chi connectivity index (χ1n) is 3.10. The molecule has 0 aliphatic rings. The van der Waals surface area contributed by atoms with Gasteiger partial charge in [0.25, 0.3) is 0 Å². The van der Waals surface area contributed by atoms with Crippen molar-refractivity contribution in [3.63, 3.8) is 0 Å². The maximum Gasteiger partial charge on any atom is 0.0946 e. The SMILES string of the molecule is C=CC(N)c1cncn1C. The molecule has 3 nitrogen and oxygen atoms in total. The predicted molar refractivity (Wildman–Crippen MR) is 40.3 cm³/mol. The van der Waals surface area contributed by atoms with Crippen molar-refractivity contribution in [2.24, 2.45) is 12.8 Å². The summed E-state index contributed by atoms with van der Waals surface area (Å²) < 4.78 is 1.88. The molecule has 0 saturated heterocycles. The van der Waals surface area contributed by atoms with Crippen LogP contribution in [0.15, 0.2) is 25.2 Å². The van der Waals surface area contributed by atoms with E-state index in [4.69, 9.17) is 5.73 Å². The monoisotopic (exact) mass is 137 g/mol. The Kier molecular flexibility index (Phi) is 1.87. The molecule has 54 valence electrons. The van der Waals surface area contributed by atoms with Crippen LogP contribution < -0.4 is 5.73 Å². The summed E-state index contributed by atoms with van der Waals surface area (Å²) in [7, 11) is 1.91. The molecule has 0 fully saturated rings. The molecule has 0 aliphatic heterocycles. The van der Waals surface area contributed by atoms with Crippen molar-refractivity contribution in [3.05, 3.63) is 30.9 Å². The first kappa shape index (κ1) is 7.02. The van der Waals surface area contributed by atoms with Gasteiger partial charge in [0, 0.05) is 7.05 Å². The third-order valence-electron chi connectivity index (χ3n) is 1.45. The van der Waals surface area contributed by atoms with Crippen molar-refractivity contribution in [2.45, 2.75) is 6.04 Å². The van der Waals surface area contributed by atoms with Crippen LogP contribution in [-0.4, -0.2) is 9.55 Å². The zero-order valence-corrected chi connectivity index (χ0v) is 5.99. The van der Waals surface area contributed by atoms with Gasteiger partial charge in [-0.2, -0.15) is 0 Å². The van der Waals surface area contributed by atoms with Crippen LogP contribution in [0, 0.1) is 0 Å². The summed E-state index contributed by atoms with van der Waals surface area (Å²) in [6, 6.07) is -0.104. The normalized spacial score (nSPS) is 13.0. The average molecular weight is 137 g/mol. The minimum atomic E-state index is -0.104. The Hall–Kier alpha value is -1.09. The summed E-state index contributed by atoms with van der Waals surface area (Å²) in [5.41, 5.74) is 6.64. The number of nitrogens with two attached hydrogens (primary N) is 1. The summed E-state index contributed by atoms with van der Waals surface area (Å²) >= 11 is 0. The van der Waals surface area contributed by atoms with Gasteiger partial charge in [-0.1, -0.05) is 6.08 Å². The molecule has 1 heterocycles. The van der Waals surface area contributed by atoms with Crippen molar-refractivity contribution in [1.82, 2.24) is 9.55 Å². The molecule has 0 aromatic carbocycles. The van der Waals surface area contributed by atoms with Crippen LogP contribution in [0.2, 0.25) is 0 Å². The molecule has 0 radical (unpaired) electrons. The summed E-state index contributed by atoms with van der Waals surface area (Å²) in [5.74, 6) is 0. The number of aryl methyl sites for hydroxylation is 1. The molecular formula is C7H11N3. The molecule has 1 atom stereocenters. The largest absolute Gasteiger partial charge is 0.336 e. The van der Waals surface area contributed by atoms with Crippen molar-refractivity contribution in [1.29, 1.82) is 0 Å². The lowest BCUT2D eigenvalue weighted by molar-refractivity contribution is 0.764. The predicted octanol–water partition coefficient (Wildman–Crippen LogP) is 0.606. The fourth-order valence-corrected chi connectivity index (χ4v) is 0.809. The van der Waals surface area contributed by atoms with Gasteiger partial charge in [-0.3, -0.25) is 0 Å². The van der Waals surface area contributed by atoms with Gasteiger partial charge in [0.1, 0.15) is 0 Å². The molecule has 1 aromatic heterocycles. The average Bonchev–Trinajstić information content (AvgIpc) is 2.34. The third-order valence-corrected chi connectivity index (χ3v) is 1.45. The number of rotatable bonds is 2. The topological polar surface area (TPSA) is 43.8 Å². The van der Waals surface area contributed by atoms with Gasteiger partial charge < -0.3 is 10.3 Å².